The molecule has 0 aromatic heterocycles. The third-order valence-corrected chi connectivity index (χ3v) is 3.15. The molecule has 20 heavy (non-hydrogen) atoms. The van der Waals surface area contributed by atoms with Gasteiger partial charge in [-0.3, -0.25) is 0 Å². The van der Waals surface area contributed by atoms with Gasteiger partial charge in [-0.15, -0.1) is 0 Å². The highest BCUT2D eigenvalue weighted by Gasteiger charge is 2.07. The fourth-order valence-electron chi connectivity index (χ4n) is 2.28. The molecule has 0 aliphatic rings. The molecule has 1 atom stereocenters. The van der Waals surface area contributed by atoms with E-state index in [4.69, 9.17) is 4.74 Å². The second-order valence-electron chi connectivity index (χ2n) is 4.97. The van der Waals surface area contributed by atoms with E-state index in [0.29, 0.717) is 6.61 Å². The third-order valence-electron chi connectivity index (χ3n) is 3.15. The lowest BCUT2D eigenvalue weighted by Gasteiger charge is -2.18. The van der Waals surface area contributed by atoms with Gasteiger partial charge in [-0.25, -0.2) is 4.39 Å². The summed E-state index contributed by atoms with van der Waals surface area (Å²) >= 11 is 0. The molecule has 2 rings (SSSR count). The van der Waals surface area contributed by atoms with Gasteiger partial charge < -0.3 is 10.1 Å². The van der Waals surface area contributed by atoms with E-state index in [2.05, 4.69) is 12.2 Å². The molecule has 0 amide bonds. The van der Waals surface area contributed by atoms with Crippen LogP contribution in [0.1, 0.15) is 18.1 Å². The van der Waals surface area contributed by atoms with Gasteiger partial charge in [0.25, 0.3) is 0 Å². The Kier molecular flexibility index (Phi) is 5.13. The molecule has 0 spiro atoms. The van der Waals surface area contributed by atoms with E-state index in [0.717, 1.165) is 23.2 Å². The molecule has 0 heterocycles. The maximum Gasteiger partial charge on any atom is 0.123 e. The fourth-order valence-corrected chi connectivity index (χ4v) is 2.28. The average molecular weight is 273 g/mol. The van der Waals surface area contributed by atoms with E-state index in [9.17, 15) is 4.39 Å². The number of benzene rings is 2. The van der Waals surface area contributed by atoms with Crippen LogP contribution in [-0.4, -0.2) is 13.2 Å². The number of para-hydroxylation sites is 1. The number of hydrogen-bond acceptors (Lipinski definition) is 2. The van der Waals surface area contributed by atoms with Crippen molar-refractivity contribution in [2.45, 2.75) is 26.0 Å². The topological polar surface area (TPSA) is 21.3 Å². The first kappa shape index (κ1) is 14.5. The number of nitrogens with one attached hydrogen (secondary N) is 1. The highest BCUT2D eigenvalue weighted by atomic mass is 19.1. The van der Waals surface area contributed by atoms with Crippen molar-refractivity contribution in [2.75, 3.05) is 12.4 Å². The first-order chi connectivity index (χ1) is 9.69. The second kappa shape index (κ2) is 7.06. The Bertz CT molecular complexity index is 556. The molecule has 0 saturated carbocycles. The highest BCUT2D eigenvalue weighted by Crippen LogP contribution is 2.18. The minimum atomic E-state index is -0.186. The Morgan fingerprint density at radius 2 is 1.95 bits per heavy atom. The zero-order valence-electron chi connectivity index (χ0n) is 11.9. The number of ether oxygens (including phenoxy) is 1. The van der Waals surface area contributed by atoms with Crippen molar-refractivity contribution in [3.63, 3.8) is 0 Å². The zero-order chi connectivity index (χ0) is 14.4. The minimum Gasteiger partial charge on any atom is -0.382 e. The number of rotatable bonds is 6. The van der Waals surface area contributed by atoms with Crippen molar-refractivity contribution in [3.8, 4) is 0 Å². The predicted molar refractivity (Wildman–Crippen MR) is 80.3 cm³/mol. The highest BCUT2D eigenvalue weighted by molar-refractivity contribution is 5.51. The summed E-state index contributed by atoms with van der Waals surface area (Å²) in [6, 6.07) is 15.0. The van der Waals surface area contributed by atoms with E-state index in [1.54, 1.807) is 19.2 Å². The van der Waals surface area contributed by atoms with Gasteiger partial charge >= 0.3 is 0 Å². The van der Waals surface area contributed by atoms with E-state index >= 15 is 0 Å². The van der Waals surface area contributed by atoms with Crippen LogP contribution in [-0.2, 0) is 17.8 Å². The molecule has 1 unspecified atom stereocenters. The van der Waals surface area contributed by atoms with Gasteiger partial charge in [-0.05, 0) is 37.1 Å². The lowest BCUT2D eigenvalue weighted by Crippen LogP contribution is -2.19. The average Bonchev–Trinajstić information content (AvgIpc) is 2.41. The molecule has 0 saturated heterocycles. The largest absolute Gasteiger partial charge is 0.382 e. The maximum atomic E-state index is 13.2. The molecular weight excluding hydrogens is 253 g/mol. The third kappa shape index (κ3) is 4.07. The smallest absolute Gasteiger partial charge is 0.123 e. The Morgan fingerprint density at radius 3 is 2.70 bits per heavy atom. The number of halogens is 1. The molecule has 0 aliphatic carbocycles. The molecule has 2 nitrogen and oxygen atoms in total. The first-order valence-corrected chi connectivity index (χ1v) is 6.77. The number of methoxy groups -OCH3 is 1. The van der Waals surface area contributed by atoms with Crippen molar-refractivity contribution in [2.24, 2.45) is 0 Å². The molecule has 0 aliphatic heterocycles. The van der Waals surface area contributed by atoms with Crippen LogP contribution < -0.4 is 5.32 Å². The number of hydrogen-bond donors (Lipinski definition) is 1. The van der Waals surface area contributed by atoms with Gasteiger partial charge in [0.05, 0.1) is 6.61 Å². The Morgan fingerprint density at radius 1 is 1.15 bits per heavy atom. The van der Waals surface area contributed by atoms with E-state index < -0.39 is 0 Å². The Labute approximate surface area is 119 Å². The molecule has 1 N–H and O–H groups in total. The van der Waals surface area contributed by atoms with E-state index in [-0.39, 0.29) is 11.9 Å². The van der Waals surface area contributed by atoms with Crippen LogP contribution in [0.15, 0.2) is 48.5 Å². The fraction of sp³-hybridized carbons (Fsp3) is 0.294. The molecular formula is C17H20FNO. The summed E-state index contributed by atoms with van der Waals surface area (Å²) in [4.78, 5) is 0. The summed E-state index contributed by atoms with van der Waals surface area (Å²) in [6.45, 7) is 2.67. The van der Waals surface area contributed by atoms with E-state index in [1.807, 2.05) is 30.3 Å². The summed E-state index contributed by atoms with van der Waals surface area (Å²) < 4.78 is 18.4. The molecule has 3 heteroatoms. The molecule has 2 aromatic carbocycles. The molecule has 0 fully saturated rings. The minimum absolute atomic E-state index is 0.186. The maximum absolute atomic E-state index is 13.2. The Balaban J connectivity index is 2.02. The zero-order valence-corrected chi connectivity index (χ0v) is 11.9. The van der Waals surface area contributed by atoms with Crippen LogP contribution >= 0.6 is 0 Å². The van der Waals surface area contributed by atoms with E-state index in [1.165, 1.54) is 6.07 Å². The van der Waals surface area contributed by atoms with Gasteiger partial charge in [0.15, 0.2) is 0 Å². The van der Waals surface area contributed by atoms with Crippen LogP contribution in [0.25, 0.3) is 0 Å². The molecule has 0 bridgehead atoms. The molecule has 106 valence electrons. The molecule has 2 aromatic rings. The lowest BCUT2D eigenvalue weighted by atomic mass is 10.1. The van der Waals surface area contributed by atoms with Crippen LogP contribution in [0, 0.1) is 5.82 Å². The second-order valence-corrected chi connectivity index (χ2v) is 4.97. The van der Waals surface area contributed by atoms with Gasteiger partial charge in [0, 0.05) is 24.4 Å². The first-order valence-electron chi connectivity index (χ1n) is 6.77. The van der Waals surface area contributed by atoms with Crippen molar-refractivity contribution in [1.29, 1.82) is 0 Å². The lowest BCUT2D eigenvalue weighted by molar-refractivity contribution is 0.185. The SMILES string of the molecule is COCc1ccccc1NC(C)Cc1cccc(F)c1. The van der Waals surface area contributed by atoms with Crippen LogP contribution in [0.3, 0.4) is 0 Å². The van der Waals surface area contributed by atoms with Crippen molar-refractivity contribution in [1.82, 2.24) is 0 Å². The summed E-state index contributed by atoms with van der Waals surface area (Å²) in [7, 11) is 1.69. The number of anilines is 1. The van der Waals surface area contributed by atoms with Crippen LogP contribution in [0.5, 0.6) is 0 Å². The predicted octanol–water partition coefficient (Wildman–Crippen LogP) is 4.02. The van der Waals surface area contributed by atoms with Crippen LogP contribution in [0.2, 0.25) is 0 Å². The normalized spacial score (nSPS) is 12.2. The van der Waals surface area contributed by atoms with Gasteiger partial charge in [-0.2, -0.15) is 0 Å². The van der Waals surface area contributed by atoms with Gasteiger partial charge in [0.2, 0.25) is 0 Å². The summed E-state index contributed by atoms with van der Waals surface area (Å²) in [6.07, 6.45) is 0.777. The summed E-state index contributed by atoms with van der Waals surface area (Å²) in [5, 5.41) is 3.46. The van der Waals surface area contributed by atoms with Gasteiger partial charge in [-0.1, -0.05) is 30.3 Å². The van der Waals surface area contributed by atoms with Crippen molar-refractivity contribution >= 4 is 5.69 Å². The van der Waals surface area contributed by atoms with Crippen molar-refractivity contribution in [3.05, 3.63) is 65.5 Å². The summed E-state index contributed by atoms with van der Waals surface area (Å²) in [5.74, 6) is -0.186. The molecule has 0 radical (unpaired) electrons. The monoisotopic (exact) mass is 273 g/mol. The Hall–Kier alpha value is -1.87. The van der Waals surface area contributed by atoms with Gasteiger partial charge in [0.1, 0.15) is 5.82 Å². The standard InChI is InChI=1S/C17H20FNO/c1-13(10-14-6-5-8-16(18)11-14)19-17-9-4-3-7-15(17)12-20-2/h3-9,11,13,19H,10,12H2,1-2H3. The van der Waals surface area contributed by atoms with Crippen LogP contribution in [0.4, 0.5) is 10.1 Å². The quantitative estimate of drug-likeness (QED) is 0.858. The summed E-state index contributed by atoms with van der Waals surface area (Å²) in [5.41, 5.74) is 3.19. The van der Waals surface area contributed by atoms with Crippen molar-refractivity contribution < 1.29 is 9.13 Å².